The minimum atomic E-state index is -2.03. The lowest BCUT2D eigenvalue weighted by atomic mass is 9.88. The predicted octanol–water partition coefficient (Wildman–Crippen LogP) is 4.90. The van der Waals surface area contributed by atoms with Crippen molar-refractivity contribution in [3.8, 4) is 23.0 Å². The molecular weight excluding hydrogens is 520 g/mol. The van der Waals surface area contributed by atoms with Crippen LogP contribution < -0.4 is 18.9 Å². The van der Waals surface area contributed by atoms with Crippen LogP contribution in [0, 0.1) is 0 Å². The van der Waals surface area contributed by atoms with E-state index in [1.54, 1.807) is 54.6 Å². The van der Waals surface area contributed by atoms with Crippen LogP contribution >= 0.6 is 11.7 Å². The first kappa shape index (κ1) is 26.5. The molecule has 10 heteroatoms. The first-order chi connectivity index (χ1) is 18.8. The van der Waals surface area contributed by atoms with Gasteiger partial charge in [0.05, 0.1) is 44.7 Å². The lowest BCUT2D eigenvalue weighted by Crippen LogP contribution is -2.29. The molecule has 0 fully saturated rings. The summed E-state index contributed by atoms with van der Waals surface area (Å²) in [5.74, 6) is -0.697. The lowest BCUT2D eigenvalue weighted by Gasteiger charge is -2.26. The molecular formula is C29H28N2O7S. The second kappa shape index (κ2) is 10.5. The average Bonchev–Trinajstić information content (AvgIpc) is 3.49. The molecule has 0 saturated heterocycles. The largest absolute Gasteiger partial charge is 0.493 e. The Hall–Kier alpha value is -4.15. The topological polar surface area (TPSA) is 109 Å². The first-order valence-corrected chi connectivity index (χ1v) is 13.0. The highest BCUT2D eigenvalue weighted by Crippen LogP contribution is 2.47. The molecule has 1 aliphatic rings. The number of hydrogen-bond acceptors (Lipinski definition) is 10. The third-order valence-corrected chi connectivity index (χ3v) is 6.98. The molecule has 0 aliphatic carbocycles. The zero-order chi connectivity index (χ0) is 27.7. The highest BCUT2D eigenvalue weighted by Gasteiger charge is 2.48. The molecule has 39 heavy (non-hydrogen) atoms. The number of hydrogen-bond donors (Lipinski definition) is 1. The molecule has 1 atom stereocenters. The number of cyclic esters (lactones) is 1. The summed E-state index contributed by atoms with van der Waals surface area (Å²) in [4.78, 5) is 13.4. The van der Waals surface area contributed by atoms with Gasteiger partial charge in [-0.05, 0) is 73.5 Å². The number of benzene rings is 3. The van der Waals surface area contributed by atoms with E-state index in [4.69, 9.17) is 23.7 Å². The van der Waals surface area contributed by atoms with Crippen molar-refractivity contribution in [2.24, 2.45) is 0 Å². The van der Waals surface area contributed by atoms with Gasteiger partial charge in [0.1, 0.15) is 16.8 Å². The van der Waals surface area contributed by atoms with Crippen LogP contribution in [0.25, 0.3) is 16.6 Å². The molecule has 1 unspecified atom stereocenters. The van der Waals surface area contributed by atoms with E-state index in [9.17, 15) is 9.90 Å². The monoisotopic (exact) mass is 548 g/mol. The molecule has 0 radical (unpaired) electrons. The van der Waals surface area contributed by atoms with Gasteiger partial charge < -0.3 is 28.8 Å². The number of nitrogens with zero attached hydrogens (tertiary/aromatic N) is 2. The summed E-state index contributed by atoms with van der Waals surface area (Å²) in [6, 6.07) is 15.8. The Balaban J connectivity index is 1.67. The maximum Gasteiger partial charge on any atom is 0.342 e. The van der Waals surface area contributed by atoms with Crippen LogP contribution in [-0.2, 0) is 21.7 Å². The molecule has 0 saturated carbocycles. The number of aliphatic hydroxyl groups is 1. The highest BCUT2D eigenvalue weighted by molar-refractivity contribution is 7.00. The fraction of sp³-hybridized carbons (Fsp3) is 0.276. The van der Waals surface area contributed by atoms with Crippen LogP contribution in [0.5, 0.6) is 23.0 Å². The number of esters is 1. The summed E-state index contributed by atoms with van der Waals surface area (Å²) in [5.41, 5.74) is 3.66. The molecule has 5 rings (SSSR count). The summed E-state index contributed by atoms with van der Waals surface area (Å²) in [6.07, 6.45) is 0.131. The van der Waals surface area contributed by atoms with E-state index in [2.05, 4.69) is 8.75 Å². The molecule has 0 amide bonds. The van der Waals surface area contributed by atoms with Crippen molar-refractivity contribution in [2.45, 2.75) is 32.2 Å². The van der Waals surface area contributed by atoms with E-state index >= 15 is 0 Å². The molecule has 4 aromatic rings. The molecule has 1 N–H and O–H groups in total. The van der Waals surface area contributed by atoms with Crippen LogP contribution in [0.1, 0.15) is 30.5 Å². The number of aromatic nitrogens is 2. The molecule has 1 aliphatic heterocycles. The van der Waals surface area contributed by atoms with Crippen LogP contribution in [0.15, 0.2) is 60.2 Å². The Bertz CT molecular complexity index is 1540. The van der Waals surface area contributed by atoms with Gasteiger partial charge in [0.25, 0.3) is 5.79 Å². The van der Waals surface area contributed by atoms with Gasteiger partial charge in [-0.1, -0.05) is 6.07 Å². The average molecular weight is 549 g/mol. The number of methoxy groups -OCH3 is 3. The van der Waals surface area contributed by atoms with Gasteiger partial charge >= 0.3 is 5.97 Å². The number of ether oxygens (including phenoxy) is 5. The van der Waals surface area contributed by atoms with Crippen molar-refractivity contribution in [3.05, 3.63) is 76.9 Å². The van der Waals surface area contributed by atoms with Crippen molar-refractivity contribution >= 4 is 34.3 Å². The van der Waals surface area contributed by atoms with Crippen molar-refractivity contribution in [2.75, 3.05) is 21.3 Å². The normalized spacial score (nSPS) is 17.1. The fourth-order valence-electron chi connectivity index (χ4n) is 4.68. The second-order valence-corrected chi connectivity index (χ2v) is 9.78. The zero-order valence-corrected chi connectivity index (χ0v) is 23.0. The minimum absolute atomic E-state index is 0.0135. The van der Waals surface area contributed by atoms with Gasteiger partial charge in [0.2, 0.25) is 5.75 Å². The van der Waals surface area contributed by atoms with Crippen molar-refractivity contribution in [3.63, 3.8) is 0 Å². The number of fused-ring (bicyclic) bond motifs is 1. The van der Waals surface area contributed by atoms with Gasteiger partial charge in [-0.15, -0.1) is 0 Å². The number of rotatable bonds is 9. The number of carbonyl (C=O) groups is 1. The van der Waals surface area contributed by atoms with Crippen molar-refractivity contribution in [1.29, 1.82) is 0 Å². The predicted molar refractivity (Wildman–Crippen MR) is 146 cm³/mol. The van der Waals surface area contributed by atoms with Gasteiger partial charge in [0, 0.05) is 17.6 Å². The van der Waals surface area contributed by atoms with Gasteiger partial charge in [-0.25, -0.2) is 4.79 Å². The van der Waals surface area contributed by atoms with E-state index in [-0.39, 0.29) is 18.1 Å². The lowest BCUT2D eigenvalue weighted by molar-refractivity contribution is -0.185. The van der Waals surface area contributed by atoms with Gasteiger partial charge in [-0.3, -0.25) is 0 Å². The molecule has 202 valence electrons. The molecule has 2 heterocycles. The second-order valence-electron chi connectivity index (χ2n) is 9.26. The summed E-state index contributed by atoms with van der Waals surface area (Å²) < 4.78 is 36.6. The maximum absolute atomic E-state index is 13.4. The summed E-state index contributed by atoms with van der Waals surface area (Å²) in [6.45, 7) is 3.86. The van der Waals surface area contributed by atoms with Crippen LogP contribution in [-0.4, -0.2) is 47.3 Å². The minimum Gasteiger partial charge on any atom is -0.493 e. The van der Waals surface area contributed by atoms with E-state index in [1.807, 2.05) is 13.8 Å². The van der Waals surface area contributed by atoms with E-state index in [0.29, 0.717) is 50.8 Å². The summed E-state index contributed by atoms with van der Waals surface area (Å²) in [7, 11) is 4.59. The Morgan fingerprint density at radius 1 is 0.923 bits per heavy atom. The van der Waals surface area contributed by atoms with E-state index < -0.39 is 11.8 Å². The van der Waals surface area contributed by atoms with E-state index in [0.717, 1.165) is 17.2 Å². The molecule has 3 aromatic carbocycles. The molecule has 0 spiro atoms. The Labute approximate surface area is 229 Å². The van der Waals surface area contributed by atoms with Crippen LogP contribution in [0.3, 0.4) is 0 Å². The van der Waals surface area contributed by atoms with Crippen LogP contribution in [0.2, 0.25) is 0 Å². The fourth-order valence-corrected chi connectivity index (χ4v) is 5.20. The Morgan fingerprint density at radius 3 is 2.21 bits per heavy atom. The standard InChI is InChI=1S/C29H28N2O7S/c1-16(2)37-20-9-7-19(8-10-20)29(33)21(12-17-13-24(34-3)27(36-5)25(14-17)35-4)26(28(32)38-29)18-6-11-22-23(15-18)31-39-30-22/h6-11,13-16,33H,12H2,1-5H3. The molecule has 1 aromatic heterocycles. The first-order valence-electron chi connectivity index (χ1n) is 12.3. The summed E-state index contributed by atoms with van der Waals surface area (Å²) >= 11 is 1.09. The number of carbonyl (C=O) groups excluding carboxylic acids is 1. The highest BCUT2D eigenvalue weighted by atomic mass is 32.1. The third kappa shape index (κ3) is 4.88. The van der Waals surface area contributed by atoms with Crippen LogP contribution in [0.4, 0.5) is 0 Å². The quantitative estimate of drug-likeness (QED) is 0.292. The van der Waals surface area contributed by atoms with Crippen molar-refractivity contribution < 1.29 is 33.6 Å². The summed E-state index contributed by atoms with van der Waals surface area (Å²) in [5, 5.41) is 12.0. The Morgan fingerprint density at radius 2 is 1.59 bits per heavy atom. The van der Waals surface area contributed by atoms with Crippen molar-refractivity contribution in [1.82, 2.24) is 8.75 Å². The molecule has 9 nitrogen and oxygen atoms in total. The van der Waals surface area contributed by atoms with Gasteiger partial charge in [0.15, 0.2) is 11.5 Å². The smallest absolute Gasteiger partial charge is 0.342 e. The third-order valence-electron chi connectivity index (χ3n) is 6.42. The van der Waals surface area contributed by atoms with Gasteiger partial charge in [-0.2, -0.15) is 8.75 Å². The van der Waals surface area contributed by atoms with E-state index in [1.165, 1.54) is 21.3 Å². The maximum atomic E-state index is 13.4. The SMILES string of the molecule is COc1cc(CC2=C(c3ccc4nsnc4c3)C(=O)OC2(O)c2ccc(OC(C)C)cc2)cc(OC)c1OC. The molecule has 0 bridgehead atoms. The Kier molecular flexibility index (Phi) is 7.16. The zero-order valence-electron chi connectivity index (χ0n) is 22.2.